The van der Waals surface area contributed by atoms with Crippen molar-refractivity contribution in [2.75, 3.05) is 19.7 Å². The maximum absolute atomic E-state index is 12.8. The fourth-order valence-electron chi connectivity index (χ4n) is 3.20. The summed E-state index contributed by atoms with van der Waals surface area (Å²) in [4.78, 5) is 14.7. The molecule has 1 saturated heterocycles. The van der Waals surface area contributed by atoms with Crippen LogP contribution in [0.25, 0.3) is 0 Å². The van der Waals surface area contributed by atoms with E-state index in [1.165, 1.54) is 12.0 Å². The predicted octanol–water partition coefficient (Wildman–Crippen LogP) is 4.60. The molecule has 4 nitrogen and oxygen atoms in total. The molecule has 1 fully saturated rings. The Bertz CT molecular complexity index is 734. The molecule has 26 heavy (non-hydrogen) atoms. The molecule has 0 saturated carbocycles. The van der Waals surface area contributed by atoms with Gasteiger partial charge in [-0.15, -0.1) is 0 Å². The molecule has 0 spiro atoms. The van der Waals surface area contributed by atoms with Gasteiger partial charge in [0.15, 0.2) is 0 Å². The van der Waals surface area contributed by atoms with E-state index < -0.39 is 0 Å². The van der Waals surface area contributed by atoms with Crippen molar-refractivity contribution in [2.24, 2.45) is 0 Å². The topological polar surface area (TPSA) is 38.8 Å². The molecule has 1 aliphatic rings. The molecule has 0 atom stereocenters. The van der Waals surface area contributed by atoms with Crippen LogP contribution >= 0.6 is 0 Å². The van der Waals surface area contributed by atoms with Crippen molar-refractivity contribution >= 4 is 5.91 Å². The number of piperidine rings is 1. The van der Waals surface area contributed by atoms with E-state index in [1.54, 1.807) is 0 Å². The maximum Gasteiger partial charge on any atom is 0.253 e. The average molecular weight is 353 g/mol. The summed E-state index contributed by atoms with van der Waals surface area (Å²) in [6.07, 6.45) is 3.39. The van der Waals surface area contributed by atoms with Crippen LogP contribution in [-0.2, 0) is 6.61 Å². The van der Waals surface area contributed by atoms with Gasteiger partial charge in [-0.25, -0.2) is 0 Å². The Kier molecular flexibility index (Phi) is 6.16. The lowest BCUT2D eigenvalue weighted by atomic mass is 10.1. The van der Waals surface area contributed by atoms with Crippen LogP contribution in [0.1, 0.15) is 47.7 Å². The van der Waals surface area contributed by atoms with Gasteiger partial charge in [-0.2, -0.15) is 0 Å². The van der Waals surface area contributed by atoms with Crippen molar-refractivity contribution in [2.45, 2.75) is 39.7 Å². The minimum absolute atomic E-state index is 0.101. The summed E-state index contributed by atoms with van der Waals surface area (Å²) in [5.74, 6) is 1.69. The molecule has 0 N–H and O–H groups in total. The normalized spacial score (nSPS) is 14.2. The van der Waals surface area contributed by atoms with Gasteiger partial charge in [0.2, 0.25) is 0 Å². The van der Waals surface area contributed by atoms with E-state index in [9.17, 15) is 4.79 Å². The number of rotatable bonds is 6. The third-order valence-corrected chi connectivity index (χ3v) is 4.67. The third kappa shape index (κ3) is 4.57. The van der Waals surface area contributed by atoms with Crippen molar-refractivity contribution in [3.8, 4) is 11.5 Å². The minimum Gasteiger partial charge on any atom is -0.493 e. The van der Waals surface area contributed by atoms with Gasteiger partial charge in [0, 0.05) is 24.2 Å². The standard InChI is InChI=1S/C22H27NO3/c1-3-25-21-12-9-18(22(24)23-13-5-4-6-14-23)15-19(21)16-26-20-10-7-17(2)8-11-20/h7-12,15H,3-6,13-14,16H2,1-2H3. The lowest BCUT2D eigenvalue weighted by Gasteiger charge is -2.27. The lowest BCUT2D eigenvalue weighted by molar-refractivity contribution is 0.0724. The molecule has 0 radical (unpaired) electrons. The van der Waals surface area contributed by atoms with Crippen LogP contribution in [0.5, 0.6) is 11.5 Å². The number of aryl methyl sites for hydroxylation is 1. The van der Waals surface area contributed by atoms with E-state index in [1.807, 2.05) is 61.2 Å². The van der Waals surface area contributed by atoms with Gasteiger partial charge in [-0.1, -0.05) is 17.7 Å². The van der Waals surface area contributed by atoms with E-state index in [0.717, 1.165) is 43.0 Å². The summed E-state index contributed by atoms with van der Waals surface area (Å²) in [6, 6.07) is 13.6. The number of carbonyl (C=O) groups excluding carboxylic acids is 1. The highest BCUT2D eigenvalue weighted by atomic mass is 16.5. The van der Waals surface area contributed by atoms with Gasteiger partial charge < -0.3 is 14.4 Å². The minimum atomic E-state index is 0.101. The van der Waals surface area contributed by atoms with Gasteiger partial charge in [0.05, 0.1) is 6.61 Å². The molecule has 138 valence electrons. The fraction of sp³-hybridized carbons (Fsp3) is 0.409. The van der Waals surface area contributed by atoms with E-state index in [2.05, 4.69) is 0 Å². The molecular weight excluding hydrogens is 326 g/mol. The lowest BCUT2D eigenvalue weighted by Crippen LogP contribution is -2.35. The van der Waals surface area contributed by atoms with Crippen molar-refractivity contribution in [3.63, 3.8) is 0 Å². The van der Waals surface area contributed by atoms with Crippen LogP contribution in [0.4, 0.5) is 0 Å². The van der Waals surface area contributed by atoms with E-state index >= 15 is 0 Å². The Balaban J connectivity index is 1.76. The van der Waals surface area contributed by atoms with Gasteiger partial charge in [-0.05, 0) is 63.4 Å². The summed E-state index contributed by atoms with van der Waals surface area (Å²) < 4.78 is 11.6. The third-order valence-electron chi connectivity index (χ3n) is 4.67. The number of nitrogens with zero attached hydrogens (tertiary/aromatic N) is 1. The van der Waals surface area contributed by atoms with E-state index in [0.29, 0.717) is 18.8 Å². The number of likely N-dealkylation sites (tertiary alicyclic amines) is 1. The molecule has 0 aliphatic carbocycles. The molecule has 1 heterocycles. The Hall–Kier alpha value is -2.49. The molecule has 3 rings (SSSR count). The van der Waals surface area contributed by atoms with E-state index in [-0.39, 0.29) is 5.91 Å². The van der Waals surface area contributed by atoms with Crippen LogP contribution in [0.3, 0.4) is 0 Å². The highest BCUT2D eigenvalue weighted by molar-refractivity contribution is 5.94. The summed E-state index contributed by atoms with van der Waals surface area (Å²) in [5, 5.41) is 0. The van der Waals surface area contributed by atoms with Crippen LogP contribution in [0.2, 0.25) is 0 Å². The SMILES string of the molecule is CCOc1ccc(C(=O)N2CCCCC2)cc1COc1ccc(C)cc1. The van der Waals surface area contributed by atoms with Gasteiger partial charge in [0.1, 0.15) is 18.1 Å². The summed E-state index contributed by atoms with van der Waals surface area (Å²) >= 11 is 0. The Labute approximate surface area is 155 Å². The second-order valence-corrected chi connectivity index (χ2v) is 6.71. The first-order chi connectivity index (χ1) is 12.7. The molecule has 0 aromatic heterocycles. The van der Waals surface area contributed by atoms with Gasteiger partial charge in [0.25, 0.3) is 5.91 Å². The van der Waals surface area contributed by atoms with Crippen molar-refractivity contribution in [3.05, 3.63) is 59.2 Å². The van der Waals surface area contributed by atoms with Crippen molar-refractivity contribution < 1.29 is 14.3 Å². The van der Waals surface area contributed by atoms with E-state index in [4.69, 9.17) is 9.47 Å². The Morgan fingerprint density at radius 3 is 2.42 bits per heavy atom. The van der Waals surface area contributed by atoms with Crippen LogP contribution in [-0.4, -0.2) is 30.5 Å². The summed E-state index contributed by atoms with van der Waals surface area (Å²) in [7, 11) is 0. The molecule has 2 aromatic carbocycles. The fourth-order valence-corrected chi connectivity index (χ4v) is 3.20. The molecule has 1 amide bonds. The Morgan fingerprint density at radius 2 is 1.73 bits per heavy atom. The Morgan fingerprint density at radius 1 is 1.00 bits per heavy atom. The van der Waals surface area contributed by atoms with Crippen molar-refractivity contribution in [1.82, 2.24) is 4.90 Å². The number of ether oxygens (including phenoxy) is 2. The first-order valence-electron chi connectivity index (χ1n) is 9.42. The number of amides is 1. The molecule has 2 aromatic rings. The van der Waals surface area contributed by atoms with Gasteiger partial charge >= 0.3 is 0 Å². The highest BCUT2D eigenvalue weighted by Crippen LogP contribution is 2.24. The first-order valence-corrected chi connectivity index (χ1v) is 9.42. The maximum atomic E-state index is 12.8. The number of benzene rings is 2. The van der Waals surface area contributed by atoms with Crippen LogP contribution in [0, 0.1) is 6.92 Å². The number of hydrogen-bond acceptors (Lipinski definition) is 3. The molecule has 0 bridgehead atoms. The van der Waals surface area contributed by atoms with Crippen molar-refractivity contribution in [1.29, 1.82) is 0 Å². The largest absolute Gasteiger partial charge is 0.493 e. The van der Waals surface area contributed by atoms with Crippen LogP contribution < -0.4 is 9.47 Å². The molecule has 0 unspecified atom stereocenters. The molecule has 1 aliphatic heterocycles. The zero-order chi connectivity index (χ0) is 18.4. The van der Waals surface area contributed by atoms with Gasteiger partial charge in [-0.3, -0.25) is 4.79 Å². The second kappa shape index (κ2) is 8.75. The first kappa shape index (κ1) is 18.3. The molecular formula is C22H27NO3. The predicted molar refractivity (Wildman–Crippen MR) is 103 cm³/mol. The second-order valence-electron chi connectivity index (χ2n) is 6.71. The highest BCUT2D eigenvalue weighted by Gasteiger charge is 2.19. The average Bonchev–Trinajstić information content (AvgIpc) is 2.69. The smallest absolute Gasteiger partial charge is 0.253 e. The molecule has 4 heteroatoms. The van der Waals surface area contributed by atoms with Crippen LogP contribution in [0.15, 0.2) is 42.5 Å². The monoisotopic (exact) mass is 353 g/mol. The summed E-state index contributed by atoms with van der Waals surface area (Å²) in [5.41, 5.74) is 2.80. The number of carbonyl (C=O) groups is 1. The number of hydrogen-bond donors (Lipinski definition) is 0. The zero-order valence-electron chi connectivity index (χ0n) is 15.7. The zero-order valence-corrected chi connectivity index (χ0v) is 15.7. The summed E-state index contributed by atoms with van der Waals surface area (Å²) in [6.45, 7) is 6.66. The quantitative estimate of drug-likeness (QED) is 0.762.